The van der Waals surface area contributed by atoms with Crippen LogP contribution in [-0.2, 0) is 0 Å². The molecule has 1 N–H and O–H groups in total. The highest BCUT2D eigenvalue weighted by Crippen LogP contribution is 2.40. The zero-order valence-corrected chi connectivity index (χ0v) is 10.0. The average molecular weight is 246 g/mol. The van der Waals surface area contributed by atoms with Gasteiger partial charge in [0.1, 0.15) is 11.2 Å². The summed E-state index contributed by atoms with van der Waals surface area (Å²) >= 11 is 5.85. The summed E-state index contributed by atoms with van der Waals surface area (Å²) in [6.45, 7) is 2.12. The number of fused-ring (bicyclic) bond motifs is 1. The highest BCUT2D eigenvalue weighted by molar-refractivity contribution is 6.30. The Hall–Kier alpha value is -1.37. The lowest BCUT2D eigenvalue weighted by Crippen LogP contribution is -2.10. The molecule has 2 heterocycles. The second-order valence-electron chi connectivity index (χ2n) is 4.59. The Bertz CT molecular complexity index is 530. The van der Waals surface area contributed by atoms with Crippen LogP contribution in [0.15, 0.2) is 18.3 Å². The molecular weight excluding hydrogens is 234 g/mol. The van der Waals surface area contributed by atoms with Gasteiger partial charge in [0, 0.05) is 18.7 Å². The number of pyridine rings is 1. The number of halogens is 1. The van der Waals surface area contributed by atoms with Gasteiger partial charge in [-0.25, -0.2) is 4.98 Å². The highest BCUT2D eigenvalue weighted by atomic mass is 35.5. The summed E-state index contributed by atoms with van der Waals surface area (Å²) < 4.78 is 0. The quantitative estimate of drug-likeness (QED) is 0.772. The molecule has 1 aliphatic heterocycles. The fraction of sp³-hybridized carbons (Fsp3) is 0.385. The van der Waals surface area contributed by atoms with E-state index >= 15 is 0 Å². The lowest BCUT2D eigenvalue weighted by molar-refractivity contribution is 0.542. The van der Waals surface area contributed by atoms with Crippen molar-refractivity contribution < 1.29 is 0 Å². The van der Waals surface area contributed by atoms with Crippen LogP contribution in [-0.4, -0.2) is 18.1 Å². The standard InChI is InChI=1S/C13H12ClN3/c14-13-9(4-15)3-10(6-17-13)11-2-1-8-5-16-7-12(8)11/h2-3,6,8,12,16H,1,5,7H2/t8-,12+/m1/s1. The van der Waals surface area contributed by atoms with Crippen molar-refractivity contribution in [1.29, 1.82) is 5.26 Å². The first kappa shape index (κ1) is 10.8. The minimum Gasteiger partial charge on any atom is -0.316 e. The maximum absolute atomic E-state index is 8.97. The molecule has 1 aromatic heterocycles. The van der Waals surface area contributed by atoms with Crippen molar-refractivity contribution in [3.8, 4) is 6.07 Å². The van der Waals surface area contributed by atoms with Crippen molar-refractivity contribution in [2.75, 3.05) is 13.1 Å². The molecule has 0 saturated carbocycles. The summed E-state index contributed by atoms with van der Waals surface area (Å²) in [5.41, 5.74) is 2.82. The third-order valence-corrected chi connectivity index (χ3v) is 3.97. The van der Waals surface area contributed by atoms with Gasteiger partial charge in [-0.3, -0.25) is 0 Å². The zero-order valence-electron chi connectivity index (χ0n) is 9.28. The van der Waals surface area contributed by atoms with Gasteiger partial charge in [-0.15, -0.1) is 0 Å². The number of hydrogen-bond acceptors (Lipinski definition) is 3. The molecule has 0 spiro atoms. The normalized spacial score (nSPS) is 26.5. The van der Waals surface area contributed by atoms with Crippen LogP contribution >= 0.6 is 11.6 Å². The van der Waals surface area contributed by atoms with E-state index in [1.165, 1.54) is 5.57 Å². The summed E-state index contributed by atoms with van der Waals surface area (Å²) in [5, 5.41) is 12.7. The van der Waals surface area contributed by atoms with Crippen LogP contribution in [0.3, 0.4) is 0 Å². The van der Waals surface area contributed by atoms with Gasteiger partial charge < -0.3 is 5.32 Å². The Morgan fingerprint density at radius 3 is 3.18 bits per heavy atom. The van der Waals surface area contributed by atoms with Gasteiger partial charge >= 0.3 is 0 Å². The van der Waals surface area contributed by atoms with Crippen LogP contribution in [0, 0.1) is 23.2 Å². The molecule has 0 aromatic carbocycles. The molecule has 3 nitrogen and oxygen atoms in total. The maximum Gasteiger partial charge on any atom is 0.146 e. The molecule has 0 unspecified atom stereocenters. The molecule has 1 aliphatic carbocycles. The molecule has 2 atom stereocenters. The summed E-state index contributed by atoms with van der Waals surface area (Å²) in [5.74, 6) is 1.29. The van der Waals surface area contributed by atoms with E-state index in [-0.39, 0.29) is 5.15 Å². The lowest BCUT2D eigenvalue weighted by Gasteiger charge is -2.13. The second kappa shape index (κ2) is 4.14. The Labute approximate surface area is 105 Å². The van der Waals surface area contributed by atoms with Gasteiger partial charge in [0.2, 0.25) is 0 Å². The molecule has 1 fully saturated rings. The zero-order chi connectivity index (χ0) is 11.8. The third-order valence-electron chi connectivity index (χ3n) is 3.67. The summed E-state index contributed by atoms with van der Waals surface area (Å²) in [7, 11) is 0. The summed E-state index contributed by atoms with van der Waals surface area (Å²) in [6, 6.07) is 3.93. The van der Waals surface area contributed by atoms with Crippen LogP contribution in [0.4, 0.5) is 0 Å². The summed E-state index contributed by atoms with van der Waals surface area (Å²) in [4.78, 5) is 4.09. The van der Waals surface area contributed by atoms with E-state index in [1.807, 2.05) is 6.07 Å². The van der Waals surface area contributed by atoms with Crippen molar-refractivity contribution in [2.45, 2.75) is 6.42 Å². The number of aromatic nitrogens is 1. The molecule has 86 valence electrons. The van der Waals surface area contributed by atoms with E-state index in [9.17, 15) is 0 Å². The van der Waals surface area contributed by atoms with Crippen molar-refractivity contribution in [3.05, 3.63) is 34.6 Å². The van der Waals surface area contributed by atoms with Gasteiger partial charge in [0.25, 0.3) is 0 Å². The van der Waals surface area contributed by atoms with E-state index in [0.29, 0.717) is 17.4 Å². The second-order valence-corrected chi connectivity index (χ2v) is 4.95. The molecule has 1 saturated heterocycles. The number of nitrogens with one attached hydrogen (secondary N) is 1. The van der Waals surface area contributed by atoms with Gasteiger partial charge in [-0.1, -0.05) is 17.7 Å². The molecule has 4 heteroatoms. The monoisotopic (exact) mass is 245 g/mol. The Morgan fingerprint density at radius 2 is 2.35 bits per heavy atom. The topological polar surface area (TPSA) is 48.7 Å². The number of nitriles is 1. The smallest absolute Gasteiger partial charge is 0.146 e. The van der Waals surface area contributed by atoms with Crippen LogP contribution in [0.25, 0.3) is 5.57 Å². The van der Waals surface area contributed by atoms with Crippen LogP contribution in [0.5, 0.6) is 0 Å². The molecular formula is C13H12ClN3. The average Bonchev–Trinajstić information content (AvgIpc) is 2.92. The van der Waals surface area contributed by atoms with Gasteiger partial charge in [0.15, 0.2) is 0 Å². The molecule has 0 bridgehead atoms. The minimum absolute atomic E-state index is 0.288. The maximum atomic E-state index is 8.97. The fourth-order valence-electron chi connectivity index (χ4n) is 2.79. The van der Waals surface area contributed by atoms with E-state index in [2.05, 4.69) is 22.4 Å². The van der Waals surface area contributed by atoms with E-state index in [0.717, 1.165) is 25.1 Å². The lowest BCUT2D eigenvalue weighted by atomic mass is 9.91. The van der Waals surface area contributed by atoms with Crippen LogP contribution in [0.2, 0.25) is 5.15 Å². The molecule has 0 amide bonds. The van der Waals surface area contributed by atoms with Gasteiger partial charge in [-0.05, 0) is 36.1 Å². The first-order chi connectivity index (χ1) is 8.29. The molecule has 17 heavy (non-hydrogen) atoms. The van der Waals surface area contributed by atoms with Gasteiger partial charge in [0.05, 0.1) is 5.56 Å². The van der Waals surface area contributed by atoms with Crippen LogP contribution in [0.1, 0.15) is 17.5 Å². The van der Waals surface area contributed by atoms with Gasteiger partial charge in [-0.2, -0.15) is 5.26 Å². The minimum atomic E-state index is 0.288. The number of nitrogens with zero attached hydrogens (tertiary/aromatic N) is 2. The fourth-order valence-corrected chi connectivity index (χ4v) is 2.94. The predicted octanol–water partition coefficient (Wildman–Crippen LogP) is 2.23. The highest BCUT2D eigenvalue weighted by Gasteiger charge is 2.34. The Balaban J connectivity index is 1.98. The number of allylic oxidation sites excluding steroid dienone is 1. The Kier molecular flexibility index (Phi) is 2.62. The molecule has 0 radical (unpaired) electrons. The predicted molar refractivity (Wildman–Crippen MR) is 66.4 cm³/mol. The Morgan fingerprint density at radius 1 is 1.47 bits per heavy atom. The number of hydrogen-bond donors (Lipinski definition) is 1. The molecule has 1 aromatic rings. The van der Waals surface area contributed by atoms with Crippen molar-refractivity contribution in [2.24, 2.45) is 11.8 Å². The van der Waals surface area contributed by atoms with Crippen LogP contribution < -0.4 is 5.32 Å². The molecule has 2 aliphatic rings. The van der Waals surface area contributed by atoms with E-state index in [1.54, 1.807) is 6.20 Å². The first-order valence-electron chi connectivity index (χ1n) is 5.76. The van der Waals surface area contributed by atoms with Crippen molar-refractivity contribution in [3.63, 3.8) is 0 Å². The first-order valence-corrected chi connectivity index (χ1v) is 6.14. The SMILES string of the molecule is N#Cc1cc(C2=CC[C@@H]3CNC[C@H]23)cnc1Cl. The largest absolute Gasteiger partial charge is 0.316 e. The van der Waals surface area contributed by atoms with Crippen molar-refractivity contribution >= 4 is 17.2 Å². The number of rotatable bonds is 1. The summed E-state index contributed by atoms with van der Waals surface area (Å²) in [6.07, 6.45) is 5.18. The molecule has 3 rings (SSSR count). The third kappa shape index (κ3) is 1.74. The van der Waals surface area contributed by atoms with Crippen molar-refractivity contribution in [1.82, 2.24) is 10.3 Å². The van der Waals surface area contributed by atoms with E-state index < -0.39 is 0 Å². The van der Waals surface area contributed by atoms with E-state index in [4.69, 9.17) is 16.9 Å².